The minimum absolute atomic E-state index is 0.224. The van der Waals surface area contributed by atoms with Crippen LogP contribution in [-0.4, -0.2) is 60.6 Å². The van der Waals surface area contributed by atoms with Gasteiger partial charge in [-0.3, -0.25) is 8.37 Å². The Bertz CT molecular complexity index is 515. The van der Waals surface area contributed by atoms with E-state index in [2.05, 4.69) is 0 Å². The quantitative estimate of drug-likeness (QED) is 0.620. The van der Waals surface area contributed by atoms with E-state index >= 15 is 0 Å². The van der Waals surface area contributed by atoms with E-state index in [0.717, 1.165) is 25.4 Å². The summed E-state index contributed by atoms with van der Waals surface area (Å²) in [6.07, 6.45) is 3.79. The molecule has 2 fully saturated rings. The summed E-state index contributed by atoms with van der Waals surface area (Å²) in [6.45, 7) is -0.448. The van der Waals surface area contributed by atoms with E-state index in [1.807, 2.05) is 0 Å². The van der Waals surface area contributed by atoms with Crippen molar-refractivity contribution in [2.45, 2.75) is 43.7 Å². The van der Waals surface area contributed by atoms with E-state index in [1.54, 1.807) is 0 Å². The highest BCUT2D eigenvalue weighted by molar-refractivity contribution is 7.86. The van der Waals surface area contributed by atoms with Gasteiger partial charge in [-0.25, -0.2) is 0 Å². The normalized spacial score (nSPS) is 29.2. The minimum atomic E-state index is -3.61. The average molecular weight is 344 g/mol. The molecule has 1 aliphatic heterocycles. The van der Waals surface area contributed by atoms with E-state index in [0.29, 0.717) is 12.8 Å². The highest BCUT2D eigenvalue weighted by Crippen LogP contribution is 2.42. The van der Waals surface area contributed by atoms with Crippen LogP contribution >= 0.6 is 0 Å². The Balaban J connectivity index is 2.02. The summed E-state index contributed by atoms with van der Waals surface area (Å²) >= 11 is 0. The molecule has 2 rings (SSSR count). The molecule has 0 unspecified atom stereocenters. The van der Waals surface area contributed by atoms with E-state index in [1.165, 1.54) is 0 Å². The first kappa shape index (κ1) is 17.1. The van der Waals surface area contributed by atoms with Crippen molar-refractivity contribution in [1.29, 1.82) is 0 Å². The number of hydrogen-bond acceptors (Lipinski definition) is 8. The van der Waals surface area contributed by atoms with E-state index in [4.69, 9.17) is 17.8 Å². The van der Waals surface area contributed by atoms with Gasteiger partial charge in [0.25, 0.3) is 20.2 Å². The van der Waals surface area contributed by atoms with E-state index < -0.39 is 38.2 Å². The molecule has 1 saturated heterocycles. The molecule has 10 heteroatoms. The van der Waals surface area contributed by atoms with Crippen LogP contribution in [0.1, 0.15) is 25.7 Å². The fourth-order valence-corrected chi connectivity index (χ4v) is 3.31. The highest BCUT2D eigenvalue weighted by atomic mass is 32.2. The highest BCUT2D eigenvalue weighted by Gasteiger charge is 2.49. The van der Waals surface area contributed by atoms with Crippen LogP contribution < -0.4 is 0 Å². The van der Waals surface area contributed by atoms with Crippen LogP contribution in [0.2, 0.25) is 0 Å². The Labute approximate surface area is 124 Å². The molecule has 0 aromatic carbocycles. The van der Waals surface area contributed by atoms with Gasteiger partial charge in [0, 0.05) is 12.8 Å². The Kier molecular flexibility index (Phi) is 4.96. The molecule has 0 radical (unpaired) electrons. The average Bonchev–Trinajstić information content (AvgIpc) is 2.91. The largest absolute Gasteiger partial charge is 0.341 e. The van der Waals surface area contributed by atoms with Crippen molar-refractivity contribution in [3.63, 3.8) is 0 Å². The Morgan fingerprint density at radius 1 is 0.905 bits per heavy atom. The summed E-state index contributed by atoms with van der Waals surface area (Å²) in [4.78, 5) is 0. The maximum atomic E-state index is 11.1. The maximum absolute atomic E-state index is 11.1. The molecule has 1 saturated carbocycles. The molecule has 1 aliphatic carbocycles. The molecule has 21 heavy (non-hydrogen) atoms. The van der Waals surface area contributed by atoms with Gasteiger partial charge in [-0.1, -0.05) is 0 Å². The molecule has 2 aliphatic rings. The first-order valence-corrected chi connectivity index (χ1v) is 10.3. The van der Waals surface area contributed by atoms with Crippen LogP contribution in [0.25, 0.3) is 0 Å². The number of rotatable bonds is 6. The fourth-order valence-electron chi connectivity index (χ4n) is 2.54. The summed E-state index contributed by atoms with van der Waals surface area (Å²) in [5, 5.41) is 0. The van der Waals surface area contributed by atoms with E-state index in [-0.39, 0.29) is 13.2 Å². The van der Waals surface area contributed by atoms with Crippen molar-refractivity contribution in [1.82, 2.24) is 0 Å². The van der Waals surface area contributed by atoms with Crippen molar-refractivity contribution < 1.29 is 34.7 Å². The van der Waals surface area contributed by atoms with Crippen LogP contribution in [-0.2, 0) is 38.1 Å². The van der Waals surface area contributed by atoms with Gasteiger partial charge < -0.3 is 9.47 Å². The number of ether oxygens (including phenoxy) is 2. The molecule has 124 valence electrons. The third kappa shape index (κ3) is 5.15. The first-order chi connectivity index (χ1) is 9.59. The van der Waals surface area contributed by atoms with Gasteiger partial charge >= 0.3 is 0 Å². The van der Waals surface area contributed by atoms with Crippen LogP contribution in [0.5, 0.6) is 0 Å². The molecule has 8 nitrogen and oxygen atoms in total. The van der Waals surface area contributed by atoms with Gasteiger partial charge in [-0.15, -0.1) is 0 Å². The summed E-state index contributed by atoms with van der Waals surface area (Å²) in [5.74, 6) is -0.767. The molecular weight excluding hydrogens is 324 g/mol. The molecule has 0 N–H and O–H groups in total. The molecule has 0 aromatic heterocycles. The van der Waals surface area contributed by atoms with Gasteiger partial charge in [-0.2, -0.15) is 16.8 Å². The molecule has 2 atom stereocenters. The van der Waals surface area contributed by atoms with Gasteiger partial charge in [0.15, 0.2) is 5.79 Å². The lowest BCUT2D eigenvalue weighted by atomic mass is 10.2. The zero-order valence-electron chi connectivity index (χ0n) is 12.0. The Morgan fingerprint density at radius 3 is 1.62 bits per heavy atom. The summed E-state index contributed by atoms with van der Waals surface area (Å²) in [6, 6.07) is 0. The molecule has 1 spiro atoms. The van der Waals surface area contributed by atoms with Crippen LogP contribution in [0.4, 0.5) is 0 Å². The van der Waals surface area contributed by atoms with Gasteiger partial charge in [0.05, 0.1) is 25.7 Å². The monoisotopic (exact) mass is 344 g/mol. The standard InChI is InChI=1S/C11H20O8S2/c1-20(12,13)16-7-9-10(8-17-21(2,14)15)19-11(18-9)5-3-4-6-11/h9-10H,3-8H2,1-2H3/t9-,10-/m0/s1. The predicted molar refractivity (Wildman–Crippen MR) is 72.5 cm³/mol. The van der Waals surface area contributed by atoms with Crippen molar-refractivity contribution in [2.75, 3.05) is 25.7 Å². The molecule has 1 heterocycles. The second-order valence-corrected chi connectivity index (χ2v) is 8.70. The zero-order chi connectivity index (χ0) is 15.7. The lowest BCUT2D eigenvalue weighted by Gasteiger charge is -2.21. The summed E-state index contributed by atoms with van der Waals surface area (Å²) in [5.41, 5.74) is 0. The van der Waals surface area contributed by atoms with Crippen molar-refractivity contribution >= 4 is 20.2 Å². The molecule has 0 amide bonds. The van der Waals surface area contributed by atoms with Gasteiger partial charge in [-0.05, 0) is 12.8 Å². The van der Waals surface area contributed by atoms with Crippen molar-refractivity contribution in [3.05, 3.63) is 0 Å². The Hall–Kier alpha value is -0.260. The smallest absolute Gasteiger partial charge is 0.264 e. The molecule has 0 bridgehead atoms. The van der Waals surface area contributed by atoms with Gasteiger partial charge in [0.1, 0.15) is 12.2 Å². The maximum Gasteiger partial charge on any atom is 0.264 e. The summed E-state index contributed by atoms with van der Waals surface area (Å²) in [7, 11) is -7.22. The number of hydrogen-bond donors (Lipinski definition) is 0. The summed E-state index contributed by atoms with van der Waals surface area (Å²) < 4.78 is 65.4. The van der Waals surface area contributed by atoms with Crippen LogP contribution in [0.3, 0.4) is 0 Å². The first-order valence-electron chi connectivity index (χ1n) is 6.63. The SMILES string of the molecule is CS(=O)(=O)OC[C@@H]1OC2(CCCC2)O[C@H]1COS(C)(=O)=O. The van der Waals surface area contributed by atoms with E-state index in [9.17, 15) is 16.8 Å². The lowest BCUT2D eigenvalue weighted by molar-refractivity contribution is -0.172. The Morgan fingerprint density at radius 2 is 1.29 bits per heavy atom. The third-order valence-electron chi connectivity index (χ3n) is 3.41. The fraction of sp³-hybridized carbons (Fsp3) is 1.00. The molecular formula is C11H20O8S2. The predicted octanol–water partition coefficient (Wildman–Crippen LogP) is -0.00690. The van der Waals surface area contributed by atoms with Crippen molar-refractivity contribution in [2.24, 2.45) is 0 Å². The second-order valence-electron chi connectivity index (χ2n) is 5.41. The van der Waals surface area contributed by atoms with Crippen LogP contribution in [0.15, 0.2) is 0 Å². The van der Waals surface area contributed by atoms with Crippen LogP contribution in [0, 0.1) is 0 Å². The van der Waals surface area contributed by atoms with Crippen molar-refractivity contribution in [3.8, 4) is 0 Å². The van der Waals surface area contributed by atoms with Gasteiger partial charge in [0.2, 0.25) is 0 Å². The second kappa shape index (κ2) is 6.09. The minimum Gasteiger partial charge on any atom is -0.341 e. The lowest BCUT2D eigenvalue weighted by Crippen LogP contribution is -2.33. The molecule has 0 aromatic rings. The topological polar surface area (TPSA) is 105 Å². The third-order valence-corrected chi connectivity index (χ3v) is 4.53. The zero-order valence-corrected chi connectivity index (χ0v) is 13.6.